The molecule has 2 atom stereocenters. The molecule has 0 aliphatic carbocycles. The molecule has 0 fully saturated rings. The van der Waals surface area contributed by atoms with Gasteiger partial charge in [-0.05, 0) is 30.2 Å². The van der Waals surface area contributed by atoms with E-state index in [0.29, 0.717) is 18.9 Å². The van der Waals surface area contributed by atoms with Crippen LogP contribution in [0.15, 0.2) is 17.5 Å². The van der Waals surface area contributed by atoms with Crippen LogP contribution in [0.1, 0.15) is 43.5 Å². The van der Waals surface area contributed by atoms with Gasteiger partial charge in [-0.3, -0.25) is 9.59 Å². The Labute approximate surface area is 123 Å². The summed E-state index contributed by atoms with van der Waals surface area (Å²) in [5.41, 5.74) is 5.85. The summed E-state index contributed by atoms with van der Waals surface area (Å²) in [6, 6.07) is 3.09. The summed E-state index contributed by atoms with van der Waals surface area (Å²) < 4.78 is 0. The lowest BCUT2D eigenvalue weighted by Gasteiger charge is -2.15. The Hall–Kier alpha value is -1.40. The third kappa shape index (κ3) is 5.71. The summed E-state index contributed by atoms with van der Waals surface area (Å²) in [7, 11) is 0. The van der Waals surface area contributed by atoms with Crippen LogP contribution in [0.25, 0.3) is 0 Å². The predicted molar refractivity (Wildman–Crippen MR) is 79.5 cm³/mol. The number of nitrogens with one attached hydrogen (secondary N) is 1. The highest BCUT2D eigenvalue weighted by atomic mass is 32.1. The minimum atomic E-state index is -0.771. The minimum absolute atomic E-state index is 0.180. The molecule has 0 aliphatic rings. The molecule has 5 nitrogen and oxygen atoms in total. The zero-order valence-corrected chi connectivity index (χ0v) is 12.5. The second-order valence-corrected chi connectivity index (χ2v) is 5.76. The van der Waals surface area contributed by atoms with Crippen LogP contribution in [0, 0.1) is 5.92 Å². The van der Waals surface area contributed by atoms with E-state index in [4.69, 9.17) is 10.8 Å². The van der Waals surface area contributed by atoms with Crippen molar-refractivity contribution in [3.63, 3.8) is 0 Å². The van der Waals surface area contributed by atoms with Gasteiger partial charge in [0.25, 0.3) is 0 Å². The van der Waals surface area contributed by atoms with E-state index in [1.165, 1.54) is 11.3 Å². The third-order valence-corrected chi connectivity index (χ3v) is 4.28. The standard InChI is InChI=1S/C14H22N2O3S/c1-2-10(5-6-12(17)18)7-8-16-14(19)13(15)11-4-3-9-20-11/h3-4,9-10,13H,2,5-8,15H2,1H3,(H,16,19)(H,17,18). The highest BCUT2D eigenvalue weighted by molar-refractivity contribution is 7.10. The summed E-state index contributed by atoms with van der Waals surface area (Å²) in [6.07, 6.45) is 2.53. The molecule has 20 heavy (non-hydrogen) atoms. The quantitative estimate of drug-likeness (QED) is 0.651. The van der Waals surface area contributed by atoms with Gasteiger partial charge in [0.2, 0.25) is 5.91 Å². The molecule has 0 aliphatic heterocycles. The van der Waals surface area contributed by atoms with Gasteiger partial charge in [-0.1, -0.05) is 19.4 Å². The normalized spacial score (nSPS) is 13.7. The number of amides is 1. The highest BCUT2D eigenvalue weighted by Gasteiger charge is 2.16. The lowest BCUT2D eigenvalue weighted by molar-refractivity contribution is -0.137. The second-order valence-electron chi connectivity index (χ2n) is 4.78. The number of aliphatic carboxylic acids is 1. The Morgan fingerprint density at radius 1 is 1.45 bits per heavy atom. The van der Waals surface area contributed by atoms with E-state index in [1.807, 2.05) is 24.4 Å². The minimum Gasteiger partial charge on any atom is -0.481 e. The van der Waals surface area contributed by atoms with Gasteiger partial charge >= 0.3 is 5.97 Å². The van der Waals surface area contributed by atoms with Gasteiger partial charge in [0.1, 0.15) is 6.04 Å². The molecule has 1 rings (SSSR count). The molecule has 0 bridgehead atoms. The molecule has 1 amide bonds. The van der Waals surface area contributed by atoms with Crippen LogP contribution in [0.3, 0.4) is 0 Å². The predicted octanol–water partition coefficient (Wildman–Crippen LogP) is 2.15. The van der Waals surface area contributed by atoms with Crippen LogP contribution in [-0.2, 0) is 9.59 Å². The number of carbonyl (C=O) groups excluding carboxylic acids is 1. The van der Waals surface area contributed by atoms with Gasteiger partial charge in [0, 0.05) is 17.8 Å². The van der Waals surface area contributed by atoms with Gasteiger partial charge in [-0.25, -0.2) is 0 Å². The maximum absolute atomic E-state index is 11.9. The van der Waals surface area contributed by atoms with Gasteiger partial charge in [0.15, 0.2) is 0 Å². The fourth-order valence-electron chi connectivity index (χ4n) is 1.99. The molecule has 0 spiro atoms. The van der Waals surface area contributed by atoms with E-state index < -0.39 is 12.0 Å². The first kappa shape index (κ1) is 16.7. The van der Waals surface area contributed by atoms with Crippen molar-refractivity contribution >= 4 is 23.2 Å². The summed E-state index contributed by atoms with van der Waals surface area (Å²) in [5.74, 6) is -0.628. The fourth-order valence-corrected chi connectivity index (χ4v) is 2.71. The molecule has 1 aromatic rings. The summed E-state index contributed by atoms with van der Waals surface area (Å²) in [5, 5.41) is 13.4. The first-order valence-electron chi connectivity index (χ1n) is 6.83. The number of hydrogen-bond acceptors (Lipinski definition) is 4. The number of carboxylic acid groups (broad SMARTS) is 1. The molecular formula is C14H22N2O3S. The number of hydrogen-bond donors (Lipinski definition) is 3. The number of thiophene rings is 1. The van der Waals surface area contributed by atoms with E-state index >= 15 is 0 Å². The Morgan fingerprint density at radius 2 is 2.20 bits per heavy atom. The van der Waals surface area contributed by atoms with Gasteiger partial charge in [0.05, 0.1) is 0 Å². The van der Waals surface area contributed by atoms with Crippen molar-refractivity contribution in [1.29, 1.82) is 0 Å². The van der Waals surface area contributed by atoms with E-state index in [-0.39, 0.29) is 12.3 Å². The van der Waals surface area contributed by atoms with Crippen molar-refractivity contribution in [3.8, 4) is 0 Å². The fraction of sp³-hybridized carbons (Fsp3) is 0.571. The van der Waals surface area contributed by atoms with Crippen LogP contribution >= 0.6 is 11.3 Å². The van der Waals surface area contributed by atoms with Crippen molar-refractivity contribution in [2.45, 2.75) is 38.6 Å². The van der Waals surface area contributed by atoms with Crippen molar-refractivity contribution in [3.05, 3.63) is 22.4 Å². The van der Waals surface area contributed by atoms with Crippen LogP contribution in [0.2, 0.25) is 0 Å². The summed E-state index contributed by atoms with van der Waals surface area (Å²) in [4.78, 5) is 23.2. The largest absolute Gasteiger partial charge is 0.481 e. The molecule has 0 saturated heterocycles. The van der Waals surface area contributed by atoms with Crippen LogP contribution in [-0.4, -0.2) is 23.5 Å². The lowest BCUT2D eigenvalue weighted by Crippen LogP contribution is -2.34. The van der Waals surface area contributed by atoms with Crippen LogP contribution in [0.4, 0.5) is 0 Å². The summed E-state index contributed by atoms with van der Waals surface area (Å²) >= 11 is 1.46. The molecule has 0 radical (unpaired) electrons. The van der Waals surface area contributed by atoms with Gasteiger partial charge < -0.3 is 16.2 Å². The Balaban J connectivity index is 2.28. The van der Waals surface area contributed by atoms with Gasteiger partial charge in [-0.15, -0.1) is 11.3 Å². The van der Waals surface area contributed by atoms with E-state index in [9.17, 15) is 9.59 Å². The third-order valence-electron chi connectivity index (χ3n) is 3.33. The monoisotopic (exact) mass is 298 g/mol. The van der Waals surface area contributed by atoms with Crippen molar-refractivity contribution in [1.82, 2.24) is 5.32 Å². The summed E-state index contributed by atoms with van der Waals surface area (Å²) in [6.45, 7) is 2.57. The average Bonchev–Trinajstić information content (AvgIpc) is 2.95. The van der Waals surface area contributed by atoms with Crippen molar-refractivity contribution in [2.24, 2.45) is 11.7 Å². The molecule has 0 aromatic carbocycles. The van der Waals surface area contributed by atoms with Crippen molar-refractivity contribution < 1.29 is 14.7 Å². The Kier molecular flexibility index (Phi) is 7.25. The maximum atomic E-state index is 11.9. The molecule has 4 N–H and O–H groups in total. The van der Waals surface area contributed by atoms with E-state index in [2.05, 4.69) is 5.32 Å². The van der Waals surface area contributed by atoms with E-state index in [1.54, 1.807) is 0 Å². The van der Waals surface area contributed by atoms with Crippen molar-refractivity contribution in [2.75, 3.05) is 6.54 Å². The lowest BCUT2D eigenvalue weighted by atomic mass is 9.96. The number of nitrogens with two attached hydrogens (primary N) is 1. The smallest absolute Gasteiger partial charge is 0.303 e. The van der Waals surface area contributed by atoms with E-state index in [0.717, 1.165) is 17.7 Å². The zero-order chi connectivity index (χ0) is 15.0. The molecule has 1 aromatic heterocycles. The molecule has 1 heterocycles. The molecule has 0 saturated carbocycles. The first-order valence-corrected chi connectivity index (χ1v) is 7.71. The van der Waals surface area contributed by atoms with Gasteiger partial charge in [-0.2, -0.15) is 0 Å². The second kappa shape index (κ2) is 8.71. The SMILES string of the molecule is CCC(CCNC(=O)C(N)c1cccs1)CCC(=O)O. The number of carboxylic acids is 1. The van der Waals surface area contributed by atoms with Crippen LogP contribution < -0.4 is 11.1 Å². The molecule has 112 valence electrons. The Bertz CT molecular complexity index is 420. The van der Waals surface area contributed by atoms with Crippen LogP contribution in [0.5, 0.6) is 0 Å². The average molecular weight is 298 g/mol. The topological polar surface area (TPSA) is 92.4 Å². The zero-order valence-electron chi connectivity index (χ0n) is 11.7. The number of rotatable bonds is 9. The molecule has 2 unspecified atom stereocenters. The first-order chi connectivity index (χ1) is 9.54. The highest BCUT2D eigenvalue weighted by Crippen LogP contribution is 2.17. The maximum Gasteiger partial charge on any atom is 0.303 e. The number of carbonyl (C=O) groups is 2. The molecule has 6 heteroatoms. The Morgan fingerprint density at radius 3 is 2.75 bits per heavy atom. The molecular weight excluding hydrogens is 276 g/mol.